The molecule has 1 heterocycles. The largest absolute Gasteiger partial charge is 0.338 e. The highest BCUT2D eigenvalue weighted by atomic mass is 15.0. The average Bonchev–Trinajstić information content (AvgIpc) is 2.81. The predicted molar refractivity (Wildman–Crippen MR) is 80.2 cm³/mol. The third kappa shape index (κ3) is 3.59. The SMILES string of the molecule is CCCNC(Cc1nccn1C)C1(C)CCCCC1. The molecule has 0 saturated heterocycles. The summed E-state index contributed by atoms with van der Waals surface area (Å²) in [4.78, 5) is 4.51. The van der Waals surface area contributed by atoms with Crippen molar-refractivity contribution in [2.45, 2.75) is 64.8 Å². The molecule has 19 heavy (non-hydrogen) atoms. The maximum absolute atomic E-state index is 4.51. The Labute approximate surface area is 117 Å². The van der Waals surface area contributed by atoms with E-state index in [9.17, 15) is 0 Å². The molecule has 1 unspecified atom stereocenters. The maximum atomic E-state index is 4.51. The molecule has 1 atom stereocenters. The quantitative estimate of drug-likeness (QED) is 0.853. The molecule has 0 spiro atoms. The minimum Gasteiger partial charge on any atom is -0.338 e. The molecular weight excluding hydrogens is 234 g/mol. The Hall–Kier alpha value is -0.830. The van der Waals surface area contributed by atoms with E-state index in [-0.39, 0.29) is 0 Å². The standard InChI is InChI=1S/C16H29N3/c1-4-10-17-14(13-15-18-11-12-19(15)3)16(2)8-6-5-7-9-16/h11-12,14,17H,4-10,13H2,1-3H3. The summed E-state index contributed by atoms with van der Waals surface area (Å²) in [5, 5.41) is 3.79. The van der Waals surface area contributed by atoms with Crippen molar-refractivity contribution in [1.29, 1.82) is 0 Å². The summed E-state index contributed by atoms with van der Waals surface area (Å²) >= 11 is 0. The molecule has 0 radical (unpaired) electrons. The zero-order chi connectivity index (χ0) is 13.7. The van der Waals surface area contributed by atoms with Crippen molar-refractivity contribution in [2.24, 2.45) is 12.5 Å². The van der Waals surface area contributed by atoms with Crippen LogP contribution in [0.4, 0.5) is 0 Å². The lowest BCUT2D eigenvalue weighted by Crippen LogP contribution is -2.47. The first-order valence-electron chi connectivity index (χ1n) is 7.85. The first-order chi connectivity index (χ1) is 9.15. The fourth-order valence-corrected chi connectivity index (χ4v) is 3.37. The van der Waals surface area contributed by atoms with Gasteiger partial charge in [0.25, 0.3) is 0 Å². The van der Waals surface area contributed by atoms with E-state index >= 15 is 0 Å². The van der Waals surface area contributed by atoms with E-state index in [1.807, 2.05) is 6.20 Å². The van der Waals surface area contributed by atoms with Gasteiger partial charge in [-0.3, -0.25) is 0 Å². The lowest BCUT2D eigenvalue weighted by Gasteiger charge is -2.41. The van der Waals surface area contributed by atoms with Crippen molar-refractivity contribution >= 4 is 0 Å². The molecule has 1 N–H and O–H groups in total. The van der Waals surface area contributed by atoms with Crippen LogP contribution < -0.4 is 5.32 Å². The molecule has 1 fully saturated rings. The third-order valence-corrected chi connectivity index (χ3v) is 4.79. The Kier molecular flexibility index (Phi) is 5.03. The minimum atomic E-state index is 0.444. The highest BCUT2D eigenvalue weighted by Crippen LogP contribution is 2.39. The number of nitrogens with one attached hydrogen (secondary N) is 1. The zero-order valence-corrected chi connectivity index (χ0v) is 12.8. The van der Waals surface area contributed by atoms with Crippen molar-refractivity contribution in [3.05, 3.63) is 18.2 Å². The Bertz CT molecular complexity index is 377. The van der Waals surface area contributed by atoms with Crippen molar-refractivity contribution < 1.29 is 0 Å². The third-order valence-electron chi connectivity index (χ3n) is 4.79. The topological polar surface area (TPSA) is 29.9 Å². The van der Waals surface area contributed by atoms with E-state index in [4.69, 9.17) is 0 Å². The van der Waals surface area contributed by atoms with Crippen molar-refractivity contribution in [3.63, 3.8) is 0 Å². The van der Waals surface area contributed by atoms with Gasteiger partial charge in [0.2, 0.25) is 0 Å². The number of aromatic nitrogens is 2. The number of hydrogen-bond donors (Lipinski definition) is 1. The molecule has 1 aromatic heterocycles. The van der Waals surface area contributed by atoms with E-state index in [1.165, 1.54) is 44.3 Å². The molecule has 0 aliphatic heterocycles. The van der Waals surface area contributed by atoms with Crippen molar-refractivity contribution in [1.82, 2.24) is 14.9 Å². The molecule has 108 valence electrons. The van der Waals surface area contributed by atoms with Gasteiger partial charge in [0.05, 0.1) is 0 Å². The van der Waals surface area contributed by atoms with Crippen molar-refractivity contribution in [3.8, 4) is 0 Å². The molecular formula is C16H29N3. The second-order valence-electron chi connectivity index (χ2n) is 6.38. The monoisotopic (exact) mass is 263 g/mol. The van der Waals surface area contributed by atoms with Crippen LogP contribution in [0.15, 0.2) is 12.4 Å². The maximum Gasteiger partial charge on any atom is 0.109 e. The number of hydrogen-bond acceptors (Lipinski definition) is 2. The van der Waals surface area contributed by atoms with Gasteiger partial charge in [0, 0.05) is 31.9 Å². The average molecular weight is 263 g/mol. The van der Waals surface area contributed by atoms with E-state index in [0.717, 1.165) is 13.0 Å². The molecule has 1 aliphatic rings. The fraction of sp³-hybridized carbons (Fsp3) is 0.812. The summed E-state index contributed by atoms with van der Waals surface area (Å²) in [5.74, 6) is 1.21. The zero-order valence-electron chi connectivity index (χ0n) is 12.8. The van der Waals surface area contributed by atoms with Gasteiger partial charge < -0.3 is 9.88 Å². The smallest absolute Gasteiger partial charge is 0.109 e. The Balaban J connectivity index is 2.08. The Morgan fingerprint density at radius 1 is 1.37 bits per heavy atom. The van der Waals surface area contributed by atoms with Crippen LogP contribution in [-0.4, -0.2) is 22.1 Å². The molecule has 1 aromatic rings. The molecule has 3 heteroatoms. The normalized spacial score (nSPS) is 20.4. The van der Waals surface area contributed by atoms with Gasteiger partial charge in [-0.2, -0.15) is 0 Å². The van der Waals surface area contributed by atoms with Crippen LogP contribution in [0.2, 0.25) is 0 Å². The molecule has 3 nitrogen and oxygen atoms in total. The van der Waals surface area contributed by atoms with Crippen LogP contribution in [0.3, 0.4) is 0 Å². The molecule has 0 aromatic carbocycles. The first-order valence-corrected chi connectivity index (χ1v) is 7.85. The van der Waals surface area contributed by atoms with Gasteiger partial charge in [0.1, 0.15) is 5.82 Å². The second-order valence-corrected chi connectivity index (χ2v) is 6.38. The summed E-state index contributed by atoms with van der Waals surface area (Å²) in [6.07, 6.45) is 13.1. The predicted octanol–water partition coefficient (Wildman–Crippen LogP) is 3.30. The summed E-state index contributed by atoms with van der Waals surface area (Å²) in [5.41, 5.74) is 0.444. The lowest BCUT2D eigenvalue weighted by atomic mass is 9.69. The van der Waals surface area contributed by atoms with Crippen LogP contribution in [0, 0.1) is 5.41 Å². The number of rotatable bonds is 6. The van der Waals surface area contributed by atoms with Gasteiger partial charge in [-0.15, -0.1) is 0 Å². The van der Waals surface area contributed by atoms with E-state index in [2.05, 4.69) is 42.0 Å². The highest BCUT2D eigenvalue weighted by Gasteiger charge is 2.35. The number of aryl methyl sites for hydroxylation is 1. The molecule has 1 saturated carbocycles. The van der Waals surface area contributed by atoms with E-state index in [1.54, 1.807) is 0 Å². The van der Waals surface area contributed by atoms with Gasteiger partial charge in [0.15, 0.2) is 0 Å². The van der Waals surface area contributed by atoms with Crippen LogP contribution in [-0.2, 0) is 13.5 Å². The van der Waals surface area contributed by atoms with E-state index in [0.29, 0.717) is 11.5 Å². The van der Waals surface area contributed by atoms with Gasteiger partial charge in [-0.1, -0.05) is 33.1 Å². The van der Waals surface area contributed by atoms with Crippen LogP contribution >= 0.6 is 0 Å². The minimum absolute atomic E-state index is 0.444. The Morgan fingerprint density at radius 2 is 2.11 bits per heavy atom. The van der Waals surface area contributed by atoms with Crippen LogP contribution in [0.1, 0.15) is 58.2 Å². The molecule has 0 bridgehead atoms. The second kappa shape index (κ2) is 6.56. The first kappa shape index (κ1) is 14.6. The molecule has 0 amide bonds. The summed E-state index contributed by atoms with van der Waals surface area (Å²) in [6.45, 7) is 5.83. The molecule has 1 aliphatic carbocycles. The van der Waals surface area contributed by atoms with Crippen LogP contribution in [0.5, 0.6) is 0 Å². The Morgan fingerprint density at radius 3 is 2.68 bits per heavy atom. The summed E-state index contributed by atoms with van der Waals surface area (Å²) < 4.78 is 2.16. The molecule has 2 rings (SSSR count). The van der Waals surface area contributed by atoms with Gasteiger partial charge in [-0.25, -0.2) is 4.98 Å². The fourth-order valence-electron chi connectivity index (χ4n) is 3.37. The highest BCUT2D eigenvalue weighted by molar-refractivity contribution is 5.00. The van der Waals surface area contributed by atoms with E-state index < -0.39 is 0 Å². The lowest BCUT2D eigenvalue weighted by molar-refractivity contribution is 0.141. The summed E-state index contributed by atoms with van der Waals surface area (Å²) in [7, 11) is 2.10. The van der Waals surface area contributed by atoms with Crippen molar-refractivity contribution in [2.75, 3.05) is 6.54 Å². The van der Waals surface area contributed by atoms with Gasteiger partial charge in [-0.05, 0) is 31.2 Å². The summed E-state index contributed by atoms with van der Waals surface area (Å²) in [6, 6.07) is 0.564. The number of imidazole rings is 1. The number of nitrogens with zero attached hydrogens (tertiary/aromatic N) is 2. The van der Waals surface area contributed by atoms with Gasteiger partial charge >= 0.3 is 0 Å². The van der Waals surface area contributed by atoms with Crippen LogP contribution in [0.25, 0.3) is 0 Å².